The van der Waals surface area contributed by atoms with Crippen LogP contribution in [0.1, 0.15) is 24.8 Å². The van der Waals surface area contributed by atoms with Gasteiger partial charge in [0.2, 0.25) is 5.96 Å². The van der Waals surface area contributed by atoms with E-state index >= 15 is 0 Å². The van der Waals surface area contributed by atoms with Crippen molar-refractivity contribution in [3.8, 4) is 11.1 Å². The third-order valence-electron chi connectivity index (χ3n) is 5.76. The molecule has 0 aliphatic carbocycles. The number of nitrogens with one attached hydrogen (secondary N) is 3. The molecule has 0 saturated carbocycles. The van der Waals surface area contributed by atoms with E-state index in [1.165, 1.54) is 18.2 Å². The van der Waals surface area contributed by atoms with Gasteiger partial charge in [-0.25, -0.2) is 18.8 Å². The molecule has 3 heterocycles. The molecule has 0 bridgehead atoms. The summed E-state index contributed by atoms with van der Waals surface area (Å²) in [5.41, 5.74) is 2.66. The van der Waals surface area contributed by atoms with Crippen molar-refractivity contribution in [2.24, 2.45) is 9.98 Å². The van der Waals surface area contributed by atoms with Gasteiger partial charge in [0.05, 0.1) is 11.3 Å². The number of hydrogen-bond acceptors (Lipinski definition) is 5. The maximum absolute atomic E-state index is 14.3. The zero-order chi connectivity index (χ0) is 21.4. The Morgan fingerprint density at radius 1 is 1.13 bits per heavy atom. The molecule has 1 aromatic heterocycles. The minimum Gasteiger partial charge on any atom is -0.371 e. The van der Waals surface area contributed by atoms with E-state index in [4.69, 9.17) is 0 Å². The largest absolute Gasteiger partial charge is 0.371 e. The van der Waals surface area contributed by atoms with Gasteiger partial charge in [-0.2, -0.15) is 0 Å². The van der Waals surface area contributed by atoms with E-state index in [9.17, 15) is 13.9 Å². The monoisotopic (exact) mass is 423 g/mol. The van der Waals surface area contributed by atoms with Gasteiger partial charge >= 0.3 is 0 Å². The Morgan fingerprint density at radius 3 is 2.74 bits per heavy atom. The number of aromatic nitrogens is 1. The summed E-state index contributed by atoms with van der Waals surface area (Å²) in [4.78, 5) is 12.1. The standard InChI is InChI=1S/C23H23F2N5O/c24-17-4-1-5-18(25)22(17)13-6-7-19-15(9-13)16(12-27-19)20-10-21(31)30-23(29-20)28-14-3-2-8-26-11-14/h1,4-7,9,12,14,21,26-27,31H,2-3,8,10-11H2,(H,28,30). The zero-order valence-corrected chi connectivity index (χ0v) is 16.8. The third kappa shape index (κ3) is 3.96. The lowest BCUT2D eigenvalue weighted by molar-refractivity contribution is 0.190. The topological polar surface area (TPSA) is 84.8 Å². The summed E-state index contributed by atoms with van der Waals surface area (Å²) in [6.07, 6.45) is 3.26. The molecule has 2 aliphatic rings. The van der Waals surface area contributed by atoms with E-state index in [1.807, 2.05) is 6.20 Å². The van der Waals surface area contributed by atoms with E-state index in [-0.39, 0.29) is 18.0 Å². The van der Waals surface area contributed by atoms with Crippen molar-refractivity contribution in [1.29, 1.82) is 0 Å². The third-order valence-corrected chi connectivity index (χ3v) is 5.76. The predicted octanol–water partition coefficient (Wildman–Crippen LogP) is 3.32. The predicted molar refractivity (Wildman–Crippen MR) is 117 cm³/mol. The fraction of sp³-hybridized carbons (Fsp3) is 0.304. The number of aromatic amines is 1. The molecule has 2 aromatic carbocycles. The van der Waals surface area contributed by atoms with Gasteiger partial charge in [-0.3, -0.25) is 0 Å². The fourth-order valence-corrected chi connectivity index (χ4v) is 4.25. The lowest BCUT2D eigenvalue weighted by atomic mass is 9.99. The molecule has 2 atom stereocenters. The summed E-state index contributed by atoms with van der Waals surface area (Å²) >= 11 is 0. The summed E-state index contributed by atoms with van der Waals surface area (Å²) in [7, 11) is 0. The number of piperidine rings is 1. The van der Waals surface area contributed by atoms with Crippen LogP contribution < -0.4 is 10.6 Å². The van der Waals surface area contributed by atoms with Crippen LogP contribution >= 0.6 is 0 Å². The quantitative estimate of drug-likeness (QED) is 0.522. The molecule has 2 unspecified atom stereocenters. The van der Waals surface area contributed by atoms with E-state index in [1.54, 1.807) is 18.2 Å². The van der Waals surface area contributed by atoms with Gasteiger partial charge in [-0.15, -0.1) is 0 Å². The normalized spacial score (nSPS) is 21.6. The minimum atomic E-state index is -0.899. The van der Waals surface area contributed by atoms with Crippen molar-refractivity contribution in [3.05, 3.63) is 59.8 Å². The molecule has 0 spiro atoms. The second-order valence-corrected chi connectivity index (χ2v) is 7.94. The number of halogens is 2. The van der Waals surface area contributed by atoms with Crippen molar-refractivity contribution in [1.82, 2.24) is 15.6 Å². The first-order valence-electron chi connectivity index (χ1n) is 10.4. The van der Waals surface area contributed by atoms with Crippen LogP contribution in [0.3, 0.4) is 0 Å². The number of hydrogen-bond donors (Lipinski definition) is 4. The molecule has 1 saturated heterocycles. The Bertz CT molecular complexity index is 1160. The summed E-state index contributed by atoms with van der Waals surface area (Å²) in [6.45, 7) is 1.83. The smallest absolute Gasteiger partial charge is 0.221 e. The number of nitrogens with zero attached hydrogens (tertiary/aromatic N) is 2. The molecular formula is C23H23F2N5O. The first-order valence-corrected chi connectivity index (χ1v) is 10.4. The summed E-state index contributed by atoms with van der Waals surface area (Å²) in [5.74, 6) is -0.809. The number of aliphatic imine (C=N–C) groups is 2. The van der Waals surface area contributed by atoms with Gasteiger partial charge in [0, 0.05) is 41.7 Å². The number of H-pyrrole nitrogens is 1. The van der Waals surface area contributed by atoms with Crippen molar-refractivity contribution >= 4 is 22.6 Å². The molecule has 1 fully saturated rings. The van der Waals surface area contributed by atoms with Gasteiger partial charge in [0.1, 0.15) is 11.6 Å². The molecule has 0 amide bonds. The molecule has 160 valence electrons. The average Bonchev–Trinajstić information content (AvgIpc) is 3.17. The van der Waals surface area contributed by atoms with Gasteiger partial charge < -0.3 is 20.7 Å². The molecule has 6 nitrogen and oxygen atoms in total. The second-order valence-electron chi connectivity index (χ2n) is 7.94. The average molecular weight is 423 g/mol. The molecule has 4 N–H and O–H groups in total. The number of fused-ring (bicyclic) bond motifs is 1. The highest BCUT2D eigenvalue weighted by Crippen LogP contribution is 2.31. The molecule has 5 rings (SSSR count). The van der Waals surface area contributed by atoms with Crippen molar-refractivity contribution < 1.29 is 13.9 Å². The van der Waals surface area contributed by atoms with E-state index in [0.717, 1.165) is 42.4 Å². The summed E-state index contributed by atoms with van der Waals surface area (Å²) in [6, 6.07) is 9.28. The van der Waals surface area contributed by atoms with Gasteiger partial charge in [0.25, 0.3) is 0 Å². The Hall–Kier alpha value is -3.10. The van der Waals surface area contributed by atoms with Crippen LogP contribution in [-0.2, 0) is 0 Å². The van der Waals surface area contributed by atoms with Crippen LogP contribution in [0.5, 0.6) is 0 Å². The second kappa shape index (κ2) is 8.20. The van der Waals surface area contributed by atoms with E-state index in [0.29, 0.717) is 17.2 Å². The molecule has 2 aliphatic heterocycles. The Balaban J connectivity index is 1.51. The number of guanidine groups is 1. The molecule has 3 aromatic rings. The number of benzene rings is 2. The zero-order valence-electron chi connectivity index (χ0n) is 16.8. The lowest BCUT2D eigenvalue weighted by Crippen LogP contribution is -2.46. The van der Waals surface area contributed by atoms with Crippen molar-refractivity contribution in [3.63, 3.8) is 0 Å². The number of rotatable bonds is 3. The summed E-state index contributed by atoms with van der Waals surface area (Å²) < 4.78 is 28.6. The van der Waals surface area contributed by atoms with Crippen molar-refractivity contribution in [2.75, 3.05) is 13.1 Å². The highest BCUT2D eigenvalue weighted by Gasteiger charge is 2.23. The van der Waals surface area contributed by atoms with Crippen LogP contribution in [0.15, 0.2) is 52.6 Å². The highest BCUT2D eigenvalue weighted by atomic mass is 19.1. The minimum absolute atomic E-state index is 0.0594. The van der Waals surface area contributed by atoms with E-state index < -0.39 is 17.9 Å². The first kappa shape index (κ1) is 19.8. The molecular weight excluding hydrogens is 400 g/mol. The maximum atomic E-state index is 14.3. The Kier molecular flexibility index (Phi) is 5.25. The number of aliphatic hydroxyl groups excluding tert-OH is 1. The molecule has 8 heteroatoms. The van der Waals surface area contributed by atoms with Crippen LogP contribution in [0, 0.1) is 11.6 Å². The van der Waals surface area contributed by atoms with Gasteiger partial charge in [-0.05, 0) is 49.2 Å². The first-order chi connectivity index (χ1) is 15.1. The summed E-state index contributed by atoms with van der Waals surface area (Å²) in [5, 5.41) is 17.8. The Morgan fingerprint density at radius 2 is 1.97 bits per heavy atom. The Labute approximate surface area is 178 Å². The van der Waals surface area contributed by atoms with Crippen molar-refractivity contribution in [2.45, 2.75) is 31.5 Å². The fourth-order valence-electron chi connectivity index (χ4n) is 4.25. The van der Waals surface area contributed by atoms with Crippen LogP contribution in [-0.4, -0.2) is 47.1 Å². The van der Waals surface area contributed by atoms with Crippen LogP contribution in [0.4, 0.5) is 8.78 Å². The van der Waals surface area contributed by atoms with Gasteiger partial charge in [0.15, 0.2) is 6.23 Å². The van der Waals surface area contributed by atoms with Crippen LogP contribution in [0.2, 0.25) is 0 Å². The van der Waals surface area contributed by atoms with Gasteiger partial charge in [-0.1, -0.05) is 12.1 Å². The molecule has 0 radical (unpaired) electrons. The lowest BCUT2D eigenvalue weighted by Gasteiger charge is -2.26. The highest BCUT2D eigenvalue weighted by molar-refractivity contribution is 6.15. The van der Waals surface area contributed by atoms with E-state index in [2.05, 4.69) is 25.6 Å². The molecule has 31 heavy (non-hydrogen) atoms. The number of aliphatic hydroxyl groups is 1. The van der Waals surface area contributed by atoms with Crippen LogP contribution in [0.25, 0.3) is 22.0 Å². The SMILES string of the molecule is OC1CC(c2c[nH]c3ccc(-c4c(F)cccc4F)cc23)=NC(NC2CCCNC2)=N1. The maximum Gasteiger partial charge on any atom is 0.221 e.